The van der Waals surface area contributed by atoms with Crippen molar-refractivity contribution in [3.8, 4) is 0 Å². The molecule has 0 saturated carbocycles. The van der Waals surface area contributed by atoms with Gasteiger partial charge in [-0.05, 0) is 35.7 Å². The van der Waals surface area contributed by atoms with Crippen LogP contribution in [0.1, 0.15) is 32.1 Å². The lowest BCUT2D eigenvalue weighted by Crippen LogP contribution is -2.30. The number of benzene rings is 4. The molecule has 2 amide bonds. The minimum Gasteiger partial charge on any atom is -0.379 e. The number of nitrogens with zero attached hydrogens (tertiary/aromatic N) is 3. The Morgan fingerprint density at radius 3 is 1.97 bits per heavy atom. The second-order valence-corrected chi connectivity index (χ2v) is 8.23. The summed E-state index contributed by atoms with van der Waals surface area (Å²) in [5.74, 6) is -0.605. The molecule has 34 heavy (non-hydrogen) atoms. The molecule has 6 heteroatoms. The van der Waals surface area contributed by atoms with Gasteiger partial charge in [0.1, 0.15) is 0 Å². The normalized spacial score (nSPS) is 13.0. The van der Waals surface area contributed by atoms with Gasteiger partial charge in [0.25, 0.3) is 11.8 Å². The van der Waals surface area contributed by atoms with Crippen LogP contribution in [0.5, 0.6) is 0 Å². The summed E-state index contributed by atoms with van der Waals surface area (Å²) in [6.07, 6.45) is 0. The summed E-state index contributed by atoms with van der Waals surface area (Å²) >= 11 is 0. The number of fused-ring (bicyclic) bond motifs is 3. The predicted octanol–water partition coefficient (Wildman–Crippen LogP) is 5.19. The van der Waals surface area contributed by atoms with Crippen LogP contribution in [0, 0.1) is 0 Å². The van der Waals surface area contributed by atoms with Crippen LogP contribution in [-0.4, -0.2) is 26.7 Å². The summed E-state index contributed by atoms with van der Waals surface area (Å²) in [7, 11) is 0. The Hall–Kier alpha value is -4.58. The number of anilines is 1. The Morgan fingerprint density at radius 2 is 1.24 bits per heavy atom. The molecule has 1 aromatic heterocycles. The third-order valence-corrected chi connectivity index (χ3v) is 6.15. The lowest BCUT2D eigenvalue weighted by Gasteiger charge is -2.17. The lowest BCUT2D eigenvalue weighted by molar-refractivity contribution is 0.0640. The predicted molar refractivity (Wildman–Crippen MR) is 131 cm³/mol. The van der Waals surface area contributed by atoms with Crippen LogP contribution >= 0.6 is 0 Å². The molecule has 164 valence electrons. The first-order valence-electron chi connectivity index (χ1n) is 11.1. The Balaban J connectivity index is 1.36. The molecular formula is C28H20N4O2. The first-order valence-corrected chi connectivity index (χ1v) is 11.1. The standard InChI is InChI=1S/C28H20N4O2/c33-27-20-11-3-4-12-21(20)28(34)32(27)17-26-25(30-23-13-5-6-14-24(23)31-26)16-29-22-15-7-9-18-8-1-2-10-19(18)22/h1-15,29H,16-17H2. The zero-order chi connectivity index (χ0) is 23.1. The first kappa shape index (κ1) is 20.1. The molecule has 4 aromatic carbocycles. The van der Waals surface area contributed by atoms with Crippen molar-refractivity contribution >= 4 is 39.3 Å². The molecular weight excluding hydrogens is 424 g/mol. The molecule has 0 atom stereocenters. The highest BCUT2D eigenvalue weighted by molar-refractivity contribution is 6.21. The van der Waals surface area contributed by atoms with E-state index in [0.29, 0.717) is 29.1 Å². The Kier molecular flexibility index (Phi) is 4.77. The molecule has 2 heterocycles. The zero-order valence-electron chi connectivity index (χ0n) is 18.2. The van der Waals surface area contributed by atoms with E-state index in [1.165, 1.54) is 4.90 Å². The summed E-state index contributed by atoms with van der Waals surface area (Å²) in [5.41, 5.74) is 4.63. The summed E-state index contributed by atoms with van der Waals surface area (Å²) in [4.78, 5) is 36.8. The van der Waals surface area contributed by atoms with Gasteiger partial charge < -0.3 is 5.32 Å². The third kappa shape index (κ3) is 3.36. The molecule has 1 aliphatic heterocycles. The maximum atomic E-state index is 13.0. The van der Waals surface area contributed by atoms with E-state index in [1.54, 1.807) is 24.3 Å². The number of carbonyl (C=O) groups excluding carboxylic acids is 2. The number of hydrogen-bond donors (Lipinski definition) is 1. The maximum absolute atomic E-state index is 13.0. The number of hydrogen-bond acceptors (Lipinski definition) is 5. The molecule has 0 fully saturated rings. The van der Waals surface area contributed by atoms with Crippen LogP contribution in [0.15, 0.2) is 91.0 Å². The molecule has 0 aliphatic carbocycles. The largest absolute Gasteiger partial charge is 0.379 e. The fourth-order valence-electron chi connectivity index (χ4n) is 4.43. The van der Waals surface area contributed by atoms with Crippen LogP contribution in [0.25, 0.3) is 21.8 Å². The van der Waals surface area contributed by atoms with Gasteiger partial charge in [0, 0.05) is 11.1 Å². The van der Waals surface area contributed by atoms with E-state index < -0.39 is 0 Å². The Bertz CT molecular complexity index is 1550. The monoisotopic (exact) mass is 444 g/mol. The van der Waals surface area contributed by atoms with Crippen molar-refractivity contribution in [1.82, 2.24) is 14.9 Å². The molecule has 1 aliphatic rings. The van der Waals surface area contributed by atoms with E-state index in [1.807, 2.05) is 48.5 Å². The second kappa shape index (κ2) is 8.08. The maximum Gasteiger partial charge on any atom is 0.261 e. The highest BCUT2D eigenvalue weighted by Gasteiger charge is 2.35. The molecule has 0 bridgehead atoms. The van der Waals surface area contributed by atoms with Gasteiger partial charge in [0.2, 0.25) is 0 Å². The molecule has 0 saturated heterocycles. The quantitative estimate of drug-likeness (QED) is 0.378. The molecule has 6 nitrogen and oxygen atoms in total. The summed E-state index contributed by atoms with van der Waals surface area (Å²) < 4.78 is 0. The van der Waals surface area contributed by atoms with Crippen LogP contribution in [0.2, 0.25) is 0 Å². The smallest absolute Gasteiger partial charge is 0.261 e. The number of nitrogens with one attached hydrogen (secondary N) is 1. The molecule has 0 radical (unpaired) electrons. The summed E-state index contributed by atoms with van der Waals surface area (Å²) in [6, 6.07) is 28.8. The molecule has 0 unspecified atom stereocenters. The van der Waals surface area contributed by atoms with Crippen molar-refractivity contribution in [2.75, 3.05) is 5.32 Å². The minimum atomic E-state index is -0.302. The van der Waals surface area contributed by atoms with Gasteiger partial charge in [-0.2, -0.15) is 0 Å². The van der Waals surface area contributed by atoms with Crippen LogP contribution in [-0.2, 0) is 13.1 Å². The fraction of sp³-hybridized carbons (Fsp3) is 0.0714. The molecule has 6 rings (SSSR count). The van der Waals surface area contributed by atoms with E-state index in [0.717, 1.165) is 27.5 Å². The SMILES string of the molecule is O=C1c2ccccc2C(=O)N1Cc1nc2ccccc2nc1CNc1cccc2ccccc12. The van der Waals surface area contributed by atoms with Crippen molar-refractivity contribution in [3.05, 3.63) is 114 Å². The van der Waals surface area contributed by atoms with Crippen LogP contribution < -0.4 is 5.32 Å². The second-order valence-electron chi connectivity index (χ2n) is 8.23. The van der Waals surface area contributed by atoms with Gasteiger partial charge in [0.05, 0.1) is 46.6 Å². The van der Waals surface area contributed by atoms with E-state index in [9.17, 15) is 9.59 Å². The number of aromatic nitrogens is 2. The zero-order valence-corrected chi connectivity index (χ0v) is 18.2. The van der Waals surface area contributed by atoms with E-state index in [-0.39, 0.29) is 18.4 Å². The average molecular weight is 444 g/mol. The topological polar surface area (TPSA) is 75.2 Å². The Labute approximate surface area is 195 Å². The summed E-state index contributed by atoms with van der Waals surface area (Å²) in [5, 5.41) is 5.74. The molecule has 5 aromatic rings. The van der Waals surface area contributed by atoms with Crippen molar-refractivity contribution in [2.45, 2.75) is 13.1 Å². The lowest BCUT2D eigenvalue weighted by atomic mass is 10.1. The number of imide groups is 1. The van der Waals surface area contributed by atoms with E-state index in [4.69, 9.17) is 9.97 Å². The fourth-order valence-corrected chi connectivity index (χ4v) is 4.43. The van der Waals surface area contributed by atoms with Gasteiger partial charge in [-0.3, -0.25) is 14.5 Å². The van der Waals surface area contributed by atoms with Crippen LogP contribution in [0.3, 0.4) is 0 Å². The van der Waals surface area contributed by atoms with Gasteiger partial charge in [-0.1, -0.05) is 60.7 Å². The van der Waals surface area contributed by atoms with Crippen LogP contribution in [0.4, 0.5) is 5.69 Å². The number of para-hydroxylation sites is 2. The van der Waals surface area contributed by atoms with Gasteiger partial charge in [0.15, 0.2) is 0 Å². The van der Waals surface area contributed by atoms with Crippen molar-refractivity contribution in [3.63, 3.8) is 0 Å². The van der Waals surface area contributed by atoms with Crippen molar-refractivity contribution in [1.29, 1.82) is 0 Å². The van der Waals surface area contributed by atoms with Crippen molar-refractivity contribution < 1.29 is 9.59 Å². The van der Waals surface area contributed by atoms with Gasteiger partial charge >= 0.3 is 0 Å². The van der Waals surface area contributed by atoms with Gasteiger partial charge in [-0.25, -0.2) is 9.97 Å². The molecule has 1 N–H and O–H groups in total. The van der Waals surface area contributed by atoms with E-state index in [2.05, 4.69) is 23.5 Å². The highest BCUT2D eigenvalue weighted by atomic mass is 16.2. The Morgan fingerprint density at radius 1 is 0.647 bits per heavy atom. The number of rotatable bonds is 5. The summed E-state index contributed by atoms with van der Waals surface area (Å²) in [6.45, 7) is 0.473. The van der Waals surface area contributed by atoms with Gasteiger partial charge in [-0.15, -0.1) is 0 Å². The van der Waals surface area contributed by atoms with E-state index >= 15 is 0 Å². The third-order valence-electron chi connectivity index (χ3n) is 6.15. The first-order chi connectivity index (χ1) is 16.7. The molecule has 0 spiro atoms. The number of carbonyl (C=O) groups is 2. The van der Waals surface area contributed by atoms with Crippen molar-refractivity contribution in [2.24, 2.45) is 0 Å². The highest BCUT2D eigenvalue weighted by Crippen LogP contribution is 2.27. The number of amides is 2. The minimum absolute atomic E-state index is 0.0662. The average Bonchev–Trinajstić information content (AvgIpc) is 3.12.